The summed E-state index contributed by atoms with van der Waals surface area (Å²) in [5.41, 5.74) is 4.22. The van der Waals surface area contributed by atoms with Crippen LogP contribution in [0.2, 0.25) is 0 Å². The van der Waals surface area contributed by atoms with Crippen molar-refractivity contribution in [3.8, 4) is 0 Å². The van der Waals surface area contributed by atoms with Crippen molar-refractivity contribution < 1.29 is 17.6 Å². The van der Waals surface area contributed by atoms with Gasteiger partial charge >= 0.3 is 0 Å². The van der Waals surface area contributed by atoms with Crippen LogP contribution in [0.25, 0.3) is 0 Å². The summed E-state index contributed by atoms with van der Waals surface area (Å²) in [7, 11) is -3.97. The number of hydrazone groups is 1. The van der Waals surface area contributed by atoms with Crippen molar-refractivity contribution in [2.45, 2.75) is 11.8 Å². The number of halogens is 1. The van der Waals surface area contributed by atoms with E-state index in [9.17, 15) is 17.6 Å². The topological polar surface area (TPSA) is 78.8 Å². The van der Waals surface area contributed by atoms with Crippen LogP contribution in [-0.4, -0.2) is 27.1 Å². The molecule has 0 aromatic heterocycles. The average Bonchev–Trinajstić information content (AvgIpc) is 2.75. The van der Waals surface area contributed by atoms with E-state index in [0.717, 1.165) is 9.87 Å². The van der Waals surface area contributed by atoms with Crippen molar-refractivity contribution in [1.29, 1.82) is 0 Å². The van der Waals surface area contributed by atoms with E-state index in [4.69, 9.17) is 0 Å². The molecule has 0 unspecified atom stereocenters. The highest BCUT2D eigenvalue weighted by Gasteiger charge is 2.26. The molecular weight excluding hydrogens is 405 g/mol. The van der Waals surface area contributed by atoms with Gasteiger partial charge in [0.05, 0.1) is 16.8 Å². The zero-order valence-corrected chi connectivity index (χ0v) is 17.0. The Morgan fingerprint density at radius 2 is 1.63 bits per heavy atom. The molecule has 1 N–H and O–H groups in total. The molecule has 8 heteroatoms. The van der Waals surface area contributed by atoms with Gasteiger partial charge in [-0.05, 0) is 48.9 Å². The van der Waals surface area contributed by atoms with E-state index < -0.39 is 22.5 Å². The van der Waals surface area contributed by atoms with Crippen molar-refractivity contribution >= 4 is 27.8 Å². The van der Waals surface area contributed by atoms with Crippen LogP contribution in [-0.2, 0) is 14.8 Å². The van der Waals surface area contributed by atoms with Crippen LogP contribution >= 0.6 is 0 Å². The average molecular weight is 425 g/mol. The van der Waals surface area contributed by atoms with Crippen LogP contribution in [0.5, 0.6) is 0 Å². The smallest absolute Gasteiger partial charge is 0.264 e. The molecule has 0 saturated carbocycles. The quantitative estimate of drug-likeness (QED) is 0.465. The number of rotatable bonds is 7. The Hall–Kier alpha value is -3.52. The van der Waals surface area contributed by atoms with Crippen molar-refractivity contribution in [1.82, 2.24) is 5.43 Å². The summed E-state index contributed by atoms with van der Waals surface area (Å²) in [5, 5.41) is 3.82. The third-order valence-corrected chi connectivity index (χ3v) is 6.00. The molecule has 3 rings (SSSR count). The number of sulfonamides is 1. The number of carbonyl (C=O) groups excluding carboxylic acids is 1. The second kappa shape index (κ2) is 9.32. The van der Waals surface area contributed by atoms with E-state index in [1.54, 1.807) is 42.5 Å². The van der Waals surface area contributed by atoms with Crippen LogP contribution in [0, 0.1) is 12.7 Å². The van der Waals surface area contributed by atoms with Crippen LogP contribution in [0.1, 0.15) is 11.1 Å². The molecule has 0 aliphatic heterocycles. The first-order chi connectivity index (χ1) is 14.4. The predicted molar refractivity (Wildman–Crippen MR) is 114 cm³/mol. The van der Waals surface area contributed by atoms with E-state index in [-0.39, 0.29) is 10.7 Å². The van der Waals surface area contributed by atoms with Gasteiger partial charge < -0.3 is 0 Å². The molecular formula is C22H20FN3O3S. The fourth-order valence-corrected chi connectivity index (χ4v) is 4.08. The van der Waals surface area contributed by atoms with E-state index in [1.807, 2.05) is 6.92 Å². The number of amides is 1. The van der Waals surface area contributed by atoms with Crippen LogP contribution in [0.3, 0.4) is 0 Å². The number of nitrogens with zero attached hydrogens (tertiary/aromatic N) is 2. The zero-order valence-electron chi connectivity index (χ0n) is 16.2. The summed E-state index contributed by atoms with van der Waals surface area (Å²) in [6.07, 6.45) is 1.35. The van der Waals surface area contributed by atoms with Gasteiger partial charge in [-0.3, -0.25) is 9.10 Å². The number of nitrogens with one attached hydrogen (secondary N) is 1. The first-order valence-electron chi connectivity index (χ1n) is 9.08. The molecule has 0 heterocycles. The summed E-state index contributed by atoms with van der Waals surface area (Å²) in [6, 6.07) is 20.3. The summed E-state index contributed by atoms with van der Waals surface area (Å²) in [4.78, 5) is 12.5. The second-order valence-electron chi connectivity index (χ2n) is 6.51. The minimum atomic E-state index is -3.97. The third-order valence-electron chi connectivity index (χ3n) is 4.21. The van der Waals surface area contributed by atoms with Gasteiger partial charge in [-0.25, -0.2) is 18.2 Å². The van der Waals surface area contributed by atoms with Gasteiger partial charge in [0.15, 0.2) is 0 Å². The Morgan fingerprint density at radius 1 is 1.00 bits per heavy atom. The molecule has 154 valence electrons. The standard InChI is InChI=1S/C22H20FN3O3S/c1-17-7-13-20(14-8-17)26(30(28,29)21-5-3-2-4-6-21)16-22(27)25-24-15-18-9-11-19(23)12-10-18/h2-15H,16H2,1H3,(H,25,27). The first kappa shape index (κ1) is 21.2. The first-order valence-corrected chi connectivity index (χ1v) is 10.5. The molecule has 3 aromatic rings. The molecule has 3 aromatic carbocycles. The van der Waals surface area contributed by atoms with Crippen molar-refractivity contribution in [2.24, 2.45) is 5.10 Å². The largest absolute Gasteiger partial charge is 0.271 e. The van der Waals surface area contributed by atoms with E-state index in [1.165, 1.54) is 42.6 Å². The molecule has 0 spiro atoms. The van der Waals surface area contributed by atoms with Gasteiger partial charge in [-0.1, -0.05) is 48.0 Å². The van der Waals surface area contributed by atoms with E-state index in [2.05, 4.69) is 10.5 Å². The van der Waals surface area contributed by atoms with E-state index >= 15 is 0 Å². The lowest BCUT2D eigenvalue weighted by molar-refractivity contribution is -0.119. The molecule has 0 aliphatic rings. The van der Waals surface area contributed by atoms with Gasteiger partial charge in [-0.15, -0.1) is 0 Å². The number of aryl methyl sites for hydroxylation is 1. The minimum Gasteiger partial charge on any atom is -0.271 e. The zero-order chi connectivity index (χ0) is 21.6. The molecule has 0 aliphatic carbocycles. The maximum Gasteiger partial charge on any atom is 0.264 e. The lowest BCUT2D eigenvalue weighted by Crippen LogP contribution is -2.39. The number of benzene rings is 3. The number of hydrogen-bond donors (Lipinski definition) is 1. The Bertz CT molecular complexity index is 1130. The predicted octanol–water partition coefficient (Wildman–Crippen LogP) is 3.48. The van der Waals surface area contributed by atoms with Gasteiger partial charge in [0.25, 0.3) is 15.9 Å². The lowest BCUT2D eigenvalue weighted by Gasteiger charge is -2.23. The molecule has 0 saturated heterocycles. The molecule has 0 bridgehead atoms. The Balaban J connectivity index is 1.81. The number of hydrogen-bond acceptors (Lipinski definition) is 4. The summed E-state index contributed by atoms with van der Waals surface area (Å²) in [5.74, 6) is -0.996. The van der Waals surface area contributed by atoms with Crippen LogP contribution in [0.4, 0.5) is 10.1 Å². The van der Waals surface area contributed by atoms with Crippen molar-refractivity contribution in [2.75, 3.05) is 10.8 Å². The summed E-state index contributed by atoms with van der Waals surface area (Å²) < 4.78 is 40.3. The van der Waals surface area contributed by atoms with Crippen molar-refractivity contribution in [3.05, 3.63) is 95.8 Å². The molecule has 30 heavy (non-hydrogen) atoms. The van der Waals surface area contributed by atoms with E-state index in [0.29, 0.717) is 11.3 Å². The highest BCUT2D eigenvalue weighted by molar-refractivity contribution is 7.92. The fourth-order valence-electron chi connectivity index (χ4n) is 2.64. The molecule has 6 nitrogen and oxygen atoms in total. The SMILES string of the molecule is Cc1ccc(N(CC(=O)NN=Cc2ccc(F)cc2)S(=O)(=O)c2ccccc2)cc1. The molecule has 0 radical (unpaired) electrons. The van der Waals surface area contributed by atoms with Gasteiger partial charge in [0, 0.05) is 0 Å². The lowest BCUT2D eigenvalue weighted by atomic mass is 10.2. The normalized spacial score (nSPS) is 11.4. The fraction of sp³-hybridized carbons (Fsp3) is 0.0909. The Morgan fingerprint density at radius 3 is 2.27 bits per heavy atom. The van der Waals surface area contributed by atoms with Gasteiger partial charge in [-0.2, -0.15) is 5.10 Å². The number of anilines is 1. The monoisotopic (exact) mass is 425 g/mol. The van der Waals surface area contributed by atoms with Crippen molar-refractivity contribution in [3.63, 3.8) is 0 Å². The summed E-state index contributed by atoms with van der Waals surface area (Å²) in [6.45, 7) is 1.43. The Kier molecular flexibility index (Phi) is 6.58. The number of carbonyl (C=O) groups is 1. The van der Waals surface area contributed by atoms with Crippen LogP contribution < -0.4 is 9.73 Å². The highest BCUT2D eigenvalue weighted by Crippen LogP contribution is 2.23. The van der Waals surface area contributed by atoms with Crippen LogP contribution in [0.15, 0.2) is 88.9 Å². The highest BCUT2D eigenvalue weighted by atomic mass is 32.2. The third kappa shape index (κ3) is 5.30. The molecule has 0 fully saturated rings. The maximum absolute atomic E-state index is 13.2. The minimum absolute atomic E-state index is 0.0770. The Labute approximate surface area is 174 Å². The van der Waals surface area contributed by atoms with Gasteiger partial charge in [0.2, 0.25) is 0 Å². The van der Waals surface area contributed by atoms with Gasteiger partial charge in [0.1, 0.15) is 12.4 Å². The second-order valence-corrected chi connectivity index (χ2v) is 8.37. The molecule has 1 amide bonds. The molecule has 0 atom stereocenters. The maximum atomic E-state index is 13.2. The summed E-state index contributed by atoms with van der Waals surface area (Å²) >= 11 is 0.